The summed E-state index contributed by atoms with van der Waals surface area (Å²) in [5.41, 5.74) is -1.61. The number of amides is 1. The van der Waals surface area contributed by atoms with E-state index < -0.39 is 17.4 Å². The molecule has 124 valence electrons. The fraction of sp³-hybridized carbons (Fsp3) is 0.357. The highest BCUT2D eigenvalue weighted by Crippen LogP contribution is 2.30. The molecule has 2 aromatic rings. The van der Waals surface area contributed by atoms with Gasteiger partial charge in [0, 0.05) is 6.04 Å². The molecule has 0 aliphatic carbocycles. The van der Waals surface area contributed by atoms with Crippen LogP contribution in [0.3, 0.4) is 0 Å². The molecule has 0 saturated heterocycles. The van der Waals surface area contributed by atoms with Gasteiger partial charge in [0.15, 0.2) is 0 Å². The van der Waals surface area contributed by atoms with Crippen LogP contribution in [0.4, 0.5) is 13.2 Å². The Labute approximate surface area is 129 Å². The molecule has 0 bridgehead atoms. The predicted molar refractivity (Wildman–Crippen MR) is 76.2 cm³/mol. The van der Waals surface area contributed by atoms with Crippen molar-refractivity contribution in [1.82, 2.24) is 20.1 Å². The first kappa shape index (κ1) is 16.8. The van der Waals surface area contributed by atoms with Crippen molar-refractivity contribution in [1.29, 1.82) is 0 Å². The highest BCUT2D eigenvalue weighted by Gasteiger charge is 2.30. The standard InChI is InChI=1S/C14H15F3N4O2/c1-8(2)18-12(22)7-11-19-20-13(23)21(11)10-5-3-4-9(6-10)14(15,16)17/h3-6,8H,7H2,1-2H3,(H,18,22)(H,20,23). The van der Waals surface area contributed by atoms with Gasteiger partial charge in [0.1, 0.15) is 5.82 Å². The Bertz CT molecular complexity index is 762. The van der Waals surface area contributed by atoms with E-state index in [1.807, 2.05) is 0 Å². The monoisotopic (exact) mass is 328 g/mol. The first-order valence-corrected chi connectivity index (χ1v) is 6.82. The lowest BCUT2D eigenvalue weighted by molar-refractivity contribution is -0.137. The first-order chi connectivity index (χ1) is 10.7. The summed E-state index contributed by atoms with van der Waals surface area (Å²) in [5, 5.41) is 8.49. The zero-order chi connectivity index (χ0) is 17.2. The quantitative estimate of drug-likeness (QED) is 0.895. The van der Waals surface area contributed by atoms with Crippen LogP contribution >= 0.6 is 0 Å². The van der Waals surface area contributed by atoms with Crippen LogP contribution in [0.25, 0.3) is 5.69 Å². The number of carbonyl (C=O) groups is 1. The van der Waals surface area contributed by atoms with E-state index in [1.54, 1.807) is 13.8 Å². The summed E-state index contributed by atoms with van der Waals surface area (Å²) < 4.78 is 39.3. The van der Waals surface area contributed by atoms with E-state index in [4.69, 9.17) is 0 Å². The van der Waals surface area contributed by atoms with E-state index in [1.165, 1.54) is 12.1 Å². The van der Waals surface area contributed by atoms with Crippen LogP contribution in [-0.2, 0) is 17.4 Å². The van der Waals surface area contributed by atoms with Gasteiger partial charge in [-0.3, -0.25) is 4.79 Å². The molecule has 0 spiro atoms. The fourth-order valence-corrected chi connectivity index (χ4v) is 2.05. The molecule has 23 heavy (non-hydrogen) atoms. The van der Waals surface area contributed by atoms with Gasteiger partial charge in [0.25, 0.3) is 0 Å². The zero-order valence-electron chi connectivity index (χ0n) is 12.4. The van der Waals surface area contributed by atoms with Crippen LogP contribution in [0.5, 0.6) is 0 Å². The number of aromatic nitrogens is 3. The Balaban J connectivity index is 2.39. The molecule has 0 saturated carbocycles. The lowest BCUT2D eigenvalue weighted by Crippen LogP contribution is -2.32. The topological polar surface area (TPSA) is 79.8 Å². The molecule has 1 amide bonds. The second-order valence-electron chi connectivity index (χ2n) is 5.23. The third-order valence-electron chi connectivity index (χ3n) is 2.94. The minimum atomic E-state index is -4.53. The second kappa shape index (κ2) is 6.27. The Kier molecular flexibility index (Phi) is 4.57. The fourth-order valence-electron chi connectivity index (χ4n) is 2.05. The van der Waals surface area contributed by atoms with Crippen LogP contribution in [0.1, 0.15) is 25.2 Å². The maximum atomic E-state index is 12.8. The molecule has 0 atom stereocenters. The summed E-state index contributed by atoms with van der Waals surface area (Å²) in [6.07, 6.45) is -4.76. The van der Waals surface area contributed by atoms with Crippen LogP contribution in [-0.4, -0.2) is 26.7 Å². The number of H-pyrrole nitrogens is 1. The van der Waals surface area contributed by atoms with Crippen molar-refractivity contribution in [2.24, 2.45) is 0 Å². The predicted octanol–water partition coefficient (Wildman–Crippen LogP) is 1.65. The Morgan fingerprint density at radius 3 is 2.70 bits per heavy atom. The maximum Gasteiger partial charge on any atom is 0.416 e. The van der Waals surface area contributed by atoms with Gasteiger partial charge in [0.05, 0.1) is 17.7 Å². The van der Waals surface area contributed by atoms with Crippen molar-refractivity contribution < 1.29 is 18.0 Å². The summed E-state index contributed by atoms with van der Waals surface area (Å²) in [4.78, 5) is 23.6. The normalized spacial score (nSPS) is 11.7. The largest absolute Gasteiger partial charge is 0.416 e. The smallest absolute Gasteiger partial charge is 0.354 e. The van der Waals surface area contributed by atoms with E-state index >= 15 is 0 Å². The number of hydrogen-bond donors (Lipinski definition) is 2. The van der Waals surface area contributed by atoms with Crippen LogP contribution in [0.2, 0.25) is 0 Å². The maximum absolute atomic E-state index is 12.8. The van der Waals surface area contributed by atoms with Gasteiger partial charge < -0.3 is 5.32 Å². The number of benzene rings is 1. The van der Waals surface area contributed by atoms with Crippen molar-refractivity contribution in [3.8, 4) is 5.69 Å². The van der Waals surface area contributed by atoms with Crippen molar-refractivity contribution >= 4 is 5.91 Å². The van der Waals surface area contributed by atoms with Crippen molar-refractivity contribution in [3.63, 3.8) is 0 Å². The third-order valence-corrected chi connectivity index (χ3v) is 2.94. The number of rotatable bonds is 4. The van der Waals surface area contributed by atoms with Gasteiger partial charge in [-0.25, -0.2) is 14.5 Å². The highest BCUT2D eigenvalue weighted by atomic mass is 19.4. The van der Waals surface area contributed by atoms with Gasteiger partial charge in [-0.05, 0) is 32.0 Å². The second-order valence-corrected chi connectivity index (χ2v) is 5.23. The lowest BCUT2D eigenvalue weighted by atomic mass is 10.2. The Morgan fingerprint density at radius 2 is 2.09 bits per heavy atom. The van der Waals surface area contributed by atoms with Crippen LogP contribution in [0.15, 0.2) is 29.1 Å². The lowest BCUT2D eigenvalue weighted by Gasteiger charge is -2.11. The highest BCUT2D eigenvalue weighted by molar-refractivity contribution is 5.78. The number of halogens is 3. The molecule has 9 heteroatoms. The van der Waals surface area contributed by atoms with E-state index in [0.29, 0.717) is 0 Å². The summed E-state index contributed by atoms with van der Waals surface area (Å²) >= 11 is 0. The molecule has 0 aliphatic rings. The molecular formula is C14H15F3N4O2. The minimum absolute atomic E-state index is 0.00841. The van der Waals surface area contributed by atoms with Gasteiger partial charge >= 0.3 is 11.9 Å². The van der Waals surface area contributed by atoms with Crippen molar-refractivity contribution in [2.45, 2.75) is 32.5 Å². The Morgan fingerprint density at radius 1 is 1.39 bits per heavy atom. The number of hydrogen-bond acceptors (Lipinski definition) is 3. The molecule has 2 N–H and O–H groups in total. The van der Waals surface area contributed by atoms with E-state index in [9.17, 15) is 22.8 Å². The number of alkyl halides is 3. The average molecular weight is 328 g/mol. The van der Waals surface area contributed by atoms with Gasteiger partial charge in [-0.15, -0.1) is 0 Å². The number of aromatic amines is 1. The molecule has 1 aromatic heterocycles. The molecule has 6 nitrogen and oxygen atoms in total. The third kappa shape index (κ3) is 3.99. The summed E-state index contributed by atoms with van der Waals surface area (Å²) in [6.45, 7) is 3.53. The van der Waals surface area contributed by atoms with E-state index in [0.717, 1.165) is 16.7 Å². The SMILES string of the molecule is CC(C)NC(=O)Cc1n[nH]c(=O)n1-c1cccc(C(F)(F)F)c1. The van der Waals surface area contributed by atoms with Crippen molar-refractivity contribution in [3.05, 3.63) is 46.1 Å². The first-order valence-electron chi connectivity index (χ1n) is 6.82. The van der Waals surface area contributed by atoms with Gasteiger partial charge in [0.2, 0.25) is 5.91 Å². The minimum Gasteiger partial charge on any atom is -0.354 e. The molecule has 0 fully saturated rings. The van der Waals surface area contributed by atoms with Gasteiger partial charge in [-0.2, -0.15) is 18.3 Å². The van der Waals surface area contributed by atoms with Crippen LogP contribution in [0, 0.1) is 0 Å². The van der Waals surface area contributed by atoms with E-state index in [-0.39, 0.29) is 29.9 Å². The molecular weight excluding hydrogens is 313 g/mol. The molecule has 2 rings (SSSR count). The summed E-state index contributed by atoms with van der Waals surface area (Å²) in [7, 11) is 0. The summed E-state index contributed by atoms with van der Waals surface area (Å²) in [5.74, 6) is -0.347. The van der Waals surface area contributed by atoms with E-state index in [2.05, 4.69) is 15.5 Å². The summed E-state index contributed by atoms with van der Waals surface area (Å²) in [6, 6.07) is 4.17. The Hall–Kier alpha value is -2.58. The average Bonchev–Trinajstić information content (AvgIpc) is 2.78. The van der Waals surface area contributed by atoms with Crippen molar-refractivity contribution in [2.75, 3.05) is 0 Å². The number of carbonyl (C=O) groups excluding carboxylic acids is 1. The number of nitrogens with one attached hydrogen (secondary N) is 2. The molecule has 0 radical (unpaired) electrons. The number of nitrogens with zero attached hydrogens (tertiary/aromatic N) is 2. The molecule has 0 unspecified atom stereocenters. The zero-order valence-corrected chi connectivity index (χ0v) is 12.4. The molecule has 0 aliphatic heterocycles. The van der Waals surface area contributed by atoms with Gasteiger partial charge in [-0.1, -0.05) is 6.07 Å². The molecule has 1 heterocycles. The van der Waals surface area contributed by atoms with Crippen LogP contribution < -0.4 is 11.0 Å². The molecule has 1 aromatic carbocycles.